The second-order valence-corrected chi connectivity index (χ2v) is 4.07. The van der Waals surface area contributed by atoms with Crippen LogP contribution in [-0.2, 0) is 9.53 Å². The largest absolute Gasteiger partial charge is 0.452 e. The maximum atomic E-state index is 10.7. The zero-order valence-electron chi connectivity index (χ0n) is 7.57. The molecule has 3 heteroatoms. The fourth-order valence-corrected chi connectivity index (χ4v) is 1.05. The first-order valence-electron chi connectivity index (χ1n) is 3.98. The number of hydrogen-bond donors (Lipinski definition) is 1. The molecular formula is C9H14O3. The summed E-state index contributed by atoms with van der Waals surface area (Å²) in [6, 6.07) is 0. The third kappa shape index (κ3) is 1.85. The van der Waals surface area contributed by atoms with Crippen molar-refractivity contribution in [1.29, 1.82) is 0 Å². The molecule has 0 aromatic carbocycles. The van der Waals surface area contributed by atoms with Crippen molar-refractivity contribution in [2.24, 2.45) is 5.41 Å². The minimum absolute atomic E-state index is 0.264. The summed E-state index contributed by atoms with van der Waals surface area (Å²) in [5.41, 5.74) is -0.264. The number of aliphatic hydroxyl groups is 1. The summed E-state index contributed by atoms with van der Waals surface area (Å²) >= 11 is 0. The van der Waals surface area contributed by atoms with Crippen molar-refractivity contribution in [3.05, 3.63) is 12.2 Å². The van der Waals surface area contributed by atoms with Gasteiger partial charge in [0.1, 0.15) is 6.10 Å². The highest BCUT2D eigenvalue weighted by molar-refractivity contribution is 5.84. The summed E-state index contributed by atoms with van der Waals surface area (Å²) < 4.78 is 4.85. The highest BCUT2D eigenvalue weighted by atomic mass is 16.6. The molecule has 0 radical (unpaired) electrons. The van der Waals surface area contributed by atoms with Gasteiger partial charge in [-0.05, 0) is 11.5 Å². The van der Waals surface area contributed by atoms with Gasteiger partial charge in [0.15, 0.2) is 0 Å². The molecule has 1 heterocycles. The Hall–Kier alpha value is -0.830. The Morgan fingerprint density at radius 1 is 1.58 bits per heavy atom. The molecular weight excluding hydrogens is 156 g/mol. The Balaban J connectivity index is 2.61. The van der Waals surface area contributed by atoms with Crippen molar-refractivity contribution in [1.82, 2.24) is 0 Å². The summed E-state index contributed by atoms with van der Waals surface area (Å²) in [4.78, 5) is 10.7. The molecule has 0 aromatic rings. The third-order valence-electron chi connectivity index (χ3n) is 1.87. The van der Waals surface area contributed by atoms with Crippen LogP contribution in [0.4, 0.5) is 0 Å². The van der Waals surface area contributed by atoms with Crippen molar-refractivity contribution in [3.63, 3.8) is 0 Å². The zero-order chi connectivity index (χ0) is 9.35. The lowest BCUT2D eigenvalue weighted by molar-refractivity contribution is -0.145. The molecule has 0 aromatic heterocycles. The molecule has 0 unspecified atom stereocenters. The molecule has 3 nitrogen and oxygen atoms in total. The smallest absolute Gasteiger partial charge is 0.331 e. The molecule has 0 amide bonds. The Labute approximate surface area is 72.0 Å². The lowest BCUT2D eigenvalue weighted by atomic mass is 9.86. The van der Waals surface area contributed by atoms with Crippen LogP contribution in [0, 0.1) is 5.41 Å². The topological polar surface area (TPSA) is 46.5 Å². The lowest BCUT2D eigenvalue weighted by Crippen LogP contribution is -2.37. The van der Waals surface area contributed by atoms with Gasteiger partial charge in [0.2, 0.25) is 0 Å². The van der Waals surface area contributed by atoms with Crippen LogP contribution in [0.15, 0.2) is 12.2 Å². The van der Waals surface area contributed by atoms with Gasteiger partial charge in [-0.25, -0.2) is 4.79 Å². The second kappa shape index (κ2) is 2.90. The van der Waals surface area contributed by atoms with E-state index < -0.39 is 12.2 Å². The van der Waals surface area contributed by atoms with Crippen LogP contribution >= 0.6 is 0 Å². The summed E-state index contributed by atoms with van der Waals surface area (Å²) in [5, 5.41) is 9.67. The summed E-state index contributed by atoms with van der Waals surface area (Å²) in [5.74, 6) is -0.372. The van der Waals surface area contributed by atoms with Crippen molar-refractivity contribution >= 4 is 5.97 Å². The molecule has 12 heavy (non-hydrogen) atoms. The maximum absolute atomic E-state index is 10.7. The monoisotopic (exact) mass is 170 g/mol. The molecule has 2 atom stereocenters. The van der Waals surface area contributed by atoms with E-state index in [0.29, 0.717) is 0 Å². The summed E-state index contributed by atoms with van der Waals surface area (Å²) in [6.07, 6.45) is 1.83. The first-order valence-corrected chi connectivity index (χ1v) is 3.98. The minimum Gasteiger partial charge on any atom is -0.452 e. The standard InChI is InChI=1S/C9H14O3/c1-9(2,3)8(11)6-4-5-7(10)12-6/h4-6,8,11H,1-3H3/t6-,8-/m0/s1. The van der Waals surface area contributed by atoms with Gasteiger partial charge in [-0.3, -0.25) is 0 Å². The van der Waals surface area contributed by atoms with Gasteiger partial charge in [0.25, 0.3) is 0 Å². The molecule has 1 rings (SSSR count). The first kappa shape index (κ1) is 9.26. The van der Waals surface area contributed by atoms with E-state index in [-0.39, 0.29) is 11.4 Å². The summed E-state index contributed by atoms with van der Waals surface area (Å²) in [7, 11) is 0. The quantitative estimate of drug-likeness (QED) is 0.594. The van der Waals surface area contributed by atoms with E-state index in [1.54, 1.807) is 6.08 Å². The number of hydrogen-bond acceptors (Lipinski definition) is 3. The highest BCUT2D eigenvalue weighted by Crippen LogP contribution is 2.25. The van der Waals surface area contributed by atoms with Gasteiger partial charge in [-0.1, -0.05) is 20.8 Å². The highest BCUT2D eigenvalue weighted by Gasteiger charge is 2.33. The molecule has 1 aliphatic rings. The second-order valence-electron chi connectivity index (χ2n) is 4.07. The van der Waals surface area contributed by atoms with Crippen molar-refractivity contribution in [2.75, 3.05) is 0 Å². The van der Waals surface area contributed by atoms with E-state index in [4.69, 9.17) is 4.74 Å². The fraction of sp³-hybridized carbons (Fsp3) is 0.667. The van der Waals surface area contributed by atoms with Crippen molar-refractivity contribution < 1.29 is 14.6 Å². The number of esters is 1. The molecule has 0 saturated heterocycles. The predicted octanol–water partition coefficient (Wildman–Crippen LogP) is 0.875. The van der Waals surface area contributed by atoms with Crippen LogP contribution in [0.5, 0.6) is 0 Å². The van der Waals surface area contributed by atoms with Crippen LogP contribution < -0.4 is 0 Å². The number of carbonyl (C=O) groups is 1. The number of rotatable bonds is 1. The zero-order valence-corrected chi connectivity index (χ0v) is 7.57. The normalized spacial score (nSPS) is 25.7. The SMILES string of the molecule is CC(C)(C)[C@@H](O)[C@@H]1C=CC(=O)O1. The van der Waals surface area contributed by atoms with Crippen LogP contribution in [0.2, 0.25) is 0 Å². The number of cyclic esters (lactones) is 1. The van der Waals surface area contributed by atoms with E-state index in [2.05, 4.69) is 0 Å². The van der Waals surface area contributed by atoms with Gasteiger partial charge >= 0.3 is 5.97 Å². The van der Waals surface area contributed by atoms with E-state index in [1.807, 2.05) is 20.8 Å². The van der Waals surface area contributed by atoms with E-state index >= 15 is 0 Å². The number of carbonyl (C=O) groups excluding carboxylic acids is 1. The molecule has 0 fully saturated rings. The van der Waals surface area contributed by atoms with Crippen LogP contribution in [-0.4, -0.2) is 23.3 Å². The molecule has 0 spiro atoms. The minimum atomic E-state index is -0.639. The van der Waals surface area contributed by atoms with Gasteiger partial charge in [-0.2, -0.15) is 0 Å². The average molecular weight is 170 g/mol. The van der Waals surface area contributed by atoms with Crippen LogP contribution in [0.25, 0.3) is 0 Å². The van der Waals surface area contributed by atoms with Gasteiger partial charge in [-0.15, -0.1) is 0 Å². The predicted molar refractivity (Wildman–Crippen MR) is 44.5 cm³/mol. The van der Waals surface area contributed by atoms with E-state index in [0.717, 1.165) is 0 Å². The molecule has 1 N–H and O–H groups in total. The average Bonchev–Trinajstić information content (AvgIpc) is 2.32. The molecule has 0 saturated carbocycles. The third-order valence-corrected chi connectivity index (χ3v) is 1.87. The van der Waals surface area contributed by atoms with Crippen LogP contribution in [0.1, 0.15) is 20.8 Å². The molecule has 68 valence electrons. The van der Waals surface area contributed by atoms with Gasteiger partial charge < -0.3 is 9.84 Å². The van der Waals surface area contributed by atoms with Gasteiger partial charge in [0, 0.05) is 6.08 Å². The van der Waals surface area contributed by atoms with E-state index in [1.165, 1.54) is 6.08 Å². The number of ether oxygens (including phenoxy) is 1. The Kier molecular flexibility index (Phi) is 2.24. The number of aliphatic hydroxyl groups excluding tert-OH is 1. The fourth-order valence-electron chi connectivity index (χ4n) is 1.05. The Bertz CT molecular complexity index is 212. The van der Waals surface area contributed by atoms with Crippen molar-refractivity contribution in [2.45, 2.75) is 33.0 Å². The molecule has 0 bridgehead atoms. The van der Waals surface area contributed by atoms with E-state index in [9.17, 15) is 9.90 Å². The van der Waals surface area contributed by atoms with Crippen molar-refractivity contribution in [3.8, 4) is 0 Å². The molecule has 1 aliphatic heterocycles. The molecule has 0 aliphatic carbocycles. The maximum Gasteiger partial charge on any atom is 0.331 e. The van der Waals surface area contributed by atoms with Gasteiger partial charge in [0.05, 0.1) is 6.10 Å². The summed E-state index contributed by atoms with van der Waals surface area (Å²) in [6.45, 7) is 5.70. The first-order chi connectivity index (χ1) is 5.41. The van der Waals surface area contributed by atoms with Crippen LogP contribution in [0.3, 0.4) is 0 Å². The lowest BCUT2D eigenvalue weighted by Gasteiger charge is -2.28. The Morgan fingerprint density at radius 2 is 2.17 bits per heavy atom. The Morgan fingerprint density at radius 3 is 2.50 bits per heavy atom.